The van der Waals surface area contributed by atoms with Crippen LogP contribution in [0.2, 0.25) is 0 Å². The van der Waals surface area contributed by atoms with E-state index < -0.39 is 24.7 Å². The fourth-order valence-corrected chi connectivity index (χ4v) is 1.70. The lowest BCUT2D eigenvalue weighted by molar-refractivity contribution is 0.0167. The van der Waals surface area contributed by atoms with Gasteiger partial charge in [0.25, 0.3) is 6.43 Å². The summed E-state index contributed by atoms with van der Waals surface area (Å²) in [5.41, 5.74) is 0.546. The van der Waals surface area contributed by atoms with E-state index in [-0.39, 0.29) is 11.4 Å². The molecule has 96 valence electrons. The minimum Gasteiger partial charge on any atom is -0.375 e. The summed E-state index contributed by atoms with van der Waals surface area (Å²) in [6, 6.07) is 3.53. The molecule has 0 fully saturated rings. The molecule has 0 aliphatic heterocycles. The van der Waals surface area contributed by atoms with E-state index in [1.807, 2.05) is 0 Å². The standard InChI is InChI=1S/C11H11BrF4O/c12-8(3-4-17-6-11(15)16)7-1-2-9(13)10(14)5-7/h1-2,5,8,11H,3-4,6H2. The number of ether oxygens (including phenoxy) is 1. The van der Waals surface area contributed by atoms with Gasteiger partial charge in [0.2, 0.25) is 0 Å². The van der Waals surface area contributed by atoms with Gasteiger partial charge in [-0.05, 0) is 24.1 Å². The Kier molecular flexibility index (Phi) is 5.91. The third-order valence-electron chi connectivity index (χ3n) is 2.06. The maximum absolute atomic E-state index is 12.9. The first-order valence-electron chi connectivity index (χ1n) is 4.95. The minimum atomic E-state index is -2.49. The van der Waals surface area contributed by atoms with Gasteiger partial charge in [0, 0.05) is 11.4 Å². The third-order valence-corrected chi connectivity index (χ3v) is 3.05. The zero-order valence-corrected chi connectivity index (χ0v) is 10.4. The second-order valence-corrected chi connectivity index (χ2v) is 4.50. The van der Waals surface area contributed by atoms with E-state index in [1.165, 1.54) is 6.07 Å². The van der Waals surface area contributed by atoms with Crippen molar-refractivity contribution in [2.24, 2.45) is 0 Å². The summed E-state index contributed by atoms with van der Waals surface area (Å²) >= 11 is 3.26. The van der Waals surface area contributed by atoms with Crippen LogP contribution in [-0.2, 0) is 4.74 Å². The van der Waals surface area contributed by atoms with E-state index in [1.54, 1.807) is 0 Å². The molecule has 17 heavy (non-hydrogen) atoms. The molecule has 0 N–H and O–H groups in total. The molecule has 1 unspecified atom stereocenters. The number of hydrogen-bond donors (Lipinski definition) is 0. The van der Waals surface area contributed by atoms with Crippen LogP contribution in [0, 0.1) is 11.6 Å². The highest BCUT2D eigenvalue weighted by Gasteiger charge is 2.11. The van der Waals surface area contributed by atoms with Crippen LogP contribution in [0.25, 0.3) is 0 Å². The van der Waals surface area contributed by atoms with Gasteiger partial charge in [0.1, 0.15) is 6.61 Å². The van der Waals surface area contributed by atoms with E-state index in [2.05, 4.69) is 15.9 Å². The van der Waals surface area contributed by atoms with Crippen LogP contribution < -0.4 is 0 Å². The number of halogens is 5. The van der Waals surface area contributed by atoms with Gasteiger partial charge in [-0.3, -0.25) is 0 Å². The molecule has 0 aromatic heterocycles. The molecular formula is C11H11BrF4O. The first-order valence-corrected chi connectivity index (χ1v) is 5.87. The van der Waals surface area contributed by atoms with Gasteiger partial charge < -0.3 is 4.74 Å². The van der Waals surface area contributed by atoms with Gasteiger partial charge in [-0.15, -0.1) is 0 Å². The zero-order valence-electron chi connectivity index (χ0n) is 8.81. The van der Waals surface area contributed by atoms with Gasteiger partial charge in [-0.25, -0.2) is 17.6 Å². The number of hydrogen-bond acceptors (Lipinski definition) is 1. The summed E-state index contributed by atoms with van der Waals surface area (Å²) in [5, 5.41) is 0. The Hall–Kier alpha value is -0.620. The Balaban J connectivity index is 2.41. The zero-order chi connectivity index (χ0) is 12.8. The molecule has 0 aliphatic rings. The molecule has 0 saturated heterocycles. The average Bonchev–Trinajstić information content (AvgIpc) is 2.27. The molecule has 1 rings (SSSR count). The van der Waals surface area contributed by atoms with E-state index in [0.29, 0.717) is 12.0 Å². The van der Waals surface area contributed by atoms with Gasteiger partial charge in [-0.2, -0.15) is 0 Å². The van der Waals surface area contributed by atoms with Crippen molar-refractivity contribution in [3.05, 3.63) is 35.4 Å². The smallest absolute Gasteiger partial charge is 0.261 e. The quantitative estimate of drug-likeness (QED) is 0.437. The lowest BCUT2D eigenvalue weighted by Gasteiger charge is -2.10. The predicted octanol–water partition coefficient (Wildman–Crippen LogP) is 4.07. The Bertz CT molecular complexity index is 359. The molecule has 0 heterocycles. The summed E-state index contributed by atoms with van der Waals surface area (Å²) in [7, 11) is 0. The van der Waals surface area contributed by atoms with Crippen molar-refractivity contribution in [1.82, 2.24) is 0 Å². The van der Waals surface area contributed by atoms with Crippen LogP contribution in [0.5, 0.6) is 0 Å². The Morgan fingerprint density at radius 3 is 2.47 bits per heavy atom. The minimum absolute atomic E-state index is 0.124. The van der Waals surface area contributed by atoms with Crippen molar-refractivity contribution in [3.8, 4) is 0 Å². The molecule has 0 saturated carbocycles. The van der Waals surface area contributed by atoms with Crippen molar-refractivity contribution < 1.29 is 22.3 Å². The lowest BCUT2D eigenvalue weighted by Crippen LogP contribution is -2.07. The van der Waals surface area contributed by atoms with Crippen molar-refractivity contribution >= 4 is 15.9 Å². The van der Waals surface area contributed by atoms with Crippen LogP contribution in [-0.4, -0.2) is 19.6 Å². The average molecular weight is 315 g/mol. The second kappa shape index (κ2) is 6.96. The second-order valence-electron chi connectivity index (χ2n) is 3.40. The maximum Gasteiger partial charge on any atom is 0.261 e. The molecule has 0 spiro atoms. The van der Waals surface area contributed by atoms with Gasteiger partial charge in [-0.1, -0.05) is 22.0 Å². The normalized spacial score (nSPS) is 13.1. The van der Waals surface area contributed by atoms with Crippen molar-refractivity contribution in [2.75, 3.05) is 13.2 Å². The Labute approximate surface area is 105 Å². The highest BCUT2D eigenvalue weighted by molar-refractivity contribution is 9.09. The summed E-state index contributed by atoms with van der Waals surface area (Å²) in [6.07, 6.45) is -2.09. The van der Waals surface area contributed by atoms with Crippen LogP contribution in [0.3, 0.4) is 0 Å². The van der Waals surface area contributed by atoms with Gasteiger partial charge in [0.05, 0.1) is 0 Å². The highest BCUT2D eigenvalue weighted by atomic mass is 79.9. The van der Waals surface area contributed by atoms with E-state index in [9.17, 15) is 17.6 Å². The first-order chi connectivity index (χ1) is 8.00. The largest absolute Gasteiger partial charge is 0.375 e. The molecular weight excluding hydrogens is 304 g/mol. The van der Waals surface area contributed by atoms with Crippen molar-refractivity contribution in [2.45, 2.75) is 17.7 Å². The number of alkyl halides is 3. The first kappa shape index (κ1) is 14.4. The maximum atomic E-state index is 12.9. The molecule has 1 aromatic carbocycles. The molecule has 0 radical (unpaired) electrons. The lowest BCUT2D eigenvalue weighted by atomic mass is 10.1. The predicted molar refractivity (Wildman–Crippen MR) is 59.5 cm³/mol. The highest BCUT2D eigenvalue weighted by Crippen LogP contribution is 2.27. The molecule has 6 heteroatoms. The van der Waals surface area contributed by atoms with Crippen LogP contribution in [0.1, 0.15) is 16.8 Å². The summed E-state index contributed by atoms with van der Waals surface area (Å²) in [5.74, 6) is -1.84. The Morgan fingerprint density at radius 2 is 1.88 bits per heavy atom. The molecule has 0 aliphatic carbocycles. The Morgan fingerprint density at radius 1 is 1.18 bits per heavy atom. The van der Waals surface area contributed by atoms with Crippen molar-refractivity contribution in [3.63, 3.8) is 0 Å². The monoisotopic (exact) mass is 314 g/mol. The summed E-state index contributed by atoms with van der Waals surface area (Å²) in [6.45, 7) is -0.489. The number of rotatable bonds is 6. The van der Waals surface area contributed by atoms with Crippen molar-refractivity contribution in [1.29, 1.82) is 0 Å². The molecule has 1 atom stereocenters. The van der Waals surface area contributed by atoms with Gasteiger partial charge >= 0.3 is 0 Å². The number of benzene rings is 1. The van der Waals surface area contributed by atoms with Gasteiger partial charge in [0.15, 0.2) is 11.6 Å². The fraction of sp³-hybridized carbons (Fsp3) is 0.455. The molecule has 0 bridgehead atoms. The molecule has 1 nitrogen and oxygen atoms in total. The van der Waals surface area contributed by atoms with E-state index in [4.69, 9.17) is 4.74 Å². The topological polar surface area (TPSA) is 9.23 Å². The van der Waals surface area contributed by atoms with Crippen LogP contribution in [0.15, 0.2) is 18.2 Å². The molecule has 0 amide bonds. The SMILES string of the molecule is Fc1ccc(C(Br)CCOCC(F)F)cc1F. The van der Waals surface area contributed by atoms with E-state index in [0.717, 1.165) is 12.1 Å². The fourth-order valence-electron chi connectivity index (χ4n) is 1.23. The summed E-state index contributed by atoms with van der Waals surface area (Å²) < 4.78 is 53.8. The summed E-state index contributed by atoms with van der Waals surface area (Å²) in [4.78, 5) is -0.254. The molecule has 1 aromatic rings. The van der Waals surface area contributed by atoms with Crippen LogP contribution >= 0.6 is 15.9 Å². The van der Waals surface area contributed by atoms with Crippen LogP contribution in [0.4, 0.5) is 17.6 Å². The van der Waals surface area contributed by atoms with E-state index >= 15 is 0 Å². The third kappa shape index (κ3) is 5.04.